The Balaban J connectivity index is 0.00000441. The van der Waals surface area contributed by atoms with Gasteiger partial charge in [0.25, 0.3) is 0 Å². The summed E-state index contributed by atoms with van der Waals surface area (Å²) in [6, 6.07) is 6.05. The van der Waals surface area contributed by atoms with Crippen molar-refractivity contribution in [2.24, 2.45) is 10.7 Å². The molecule has 0 bridgehead atoms. The Morgan fingerprint density at radius 1 is 1.23 bits per heavy atom. The highest BCUT2D eigenvalue weighted by atomic mass is 127. The van der Waals surface area contributed by atoms with Gasteiger partial charge in [0.2, 0.25) is 0 Å². The number of hydrogen-bond donors (Lipinski definition) is 2. The van der Waals surface area contributed by atoms with Gasteiger partial charge >= 0.3 is 0 Å². The van der Waals surface area contributed by atoms with Crippen LogP contribution in [0.4, 0.5) is 5.69 Å². The van der Waals surface area contributed by atoms with E-state index in [1.807, 2.05) is 26.0 Å². The zero-order valence-corrected chi connectivity index (χ0v) is 16.3. The molecule has 0 spiro atoms. The van der Waals surface area contributed by atoms with Crippen molar-refractivity contribution in [2.75, 3.05) is 37.1 Å². The van der Waals surface area contributed by atoms with Crippen LogP contribution in [0.3, 0.4) is 0 Å². The Hall–Kier alpha value is -0.870. The second-order valence-corrected chi connectivity index (χ2v) is 7.27. The molecule has 0 saturated heterocycles. The Morgan fingerprint density at radius 2 is 1.82 bits per heavy atom. The van der Waals surface area contributed by atoms with Crippen molar-refractivity contribution >= 4 is 45.5 Å². The van der Waals surface area contributed by atoms with Crippen molar-refractivity contribution in [3.8, 4) is 0 Å². The van der Waals surface area contributed by atoms with Crippen LogP contribution in [0.5, 0.6) is 0 Å². The van der Waals surface area contributed by atoms with E-state index in [2.05, 4.69) is 16.4 Å². The van der Waals surface area contributed by atoms with Crippen LogP contribution in [0.1, 0.15) is 11.1 Å². The first kappa shape index (κ1) is 21.1. The van der Waals surface area contributed by atoms with E-state index in [9.17, 15) is 8.42 Å². The predicted molar refractivity (Wildman–Crippen MR) is 102 cm³/mol. The smallest absolute Gasteiger partial charge is 0.193 e. The number of aryl methyl sites for hydroxylation is 2. The normalized spacial score (nSPS) is 11.9. The van der Waals surface area contributed by atoms with Gasteiger partial charge < -0.3 is 15.8 Å². The lowest BCUT2D eigenvalue weighted by molar-refractivity contribution is 0.157. The van der Waals surface area contributed by atoms with Crippen LogP contribution in [-0.4, -0.2) is 46.1 Å². The number of rotatable bonds is 7. The fourth-order valence-corrected chi connectivity index (χ4v) is 2.20. The molecule has 0 aliphatic rings. The summed E-state index contributed by atoms with van der Waals surface area (Å²) < 4.78 is 27.0. The quantitative estimate of drug-likeness (QED) is 0.291. The molecular formula is C14H24IN3O3S. The summed E-state index contributed by atoms with van der Waals surface area (Å²) in [5.74, 6) is 0.333. The number of nitrogens with one attached hydrogen (secondary N) is 1. The molecule has 0 heterocycles. The zero-order chi connectivity index (χ0) is 15.9. The average molecular weight is 441 g/mol. The summed E-state index contributed by atoms with van der Waals surface area (Å²) in [4.78, 5) is 4.12. The number of ether oxygens (including phenoxy) is 1. The molecule has 0 saturated carbocycles. The first-order valence-electron chi connectivity index (χ1n) is 6.67. The topological polar surface area (TPSA) is 93.8 Å². The molecule has 1 rings (SSSR count). The third-order valence-electron chi connectivity index (χ3n) is 2.61. The van der Waals surface area contributed by atoms with Crippen molar-refractivity contribution in [2.45, 2.75) is 13.8 Å². The van der Waals surface area contributed by atoms with Gasteiger partial charge in [0.15, 0.2) is 5.96 Å². The number of benzene rings is 1. The zero-order valence-electron chi connectivity index (χ0n) is 13.1. The Bertz CT molecular complexity index is 583. The van der Waals surface area contributed by atoms with E-state index in [0.29, 0.717) is 19.1 Å². The van der Waals surface area contributed by atoms with Gasteiger partial charge in [-0.1, -0.05) is 6.07 Å². The van der Waals surface area contributed by atoms with E-state index in [-0.39, 0.29) is 36.3 Å². The van der Waals surface area contributed by atoms with Crippen LogP contribution in [0.25, 0.3) is 0 Å². The number of sulfone groups is 1. The highest BCUT2D eigenvalue weighted by Crippen LogP contribution is 2.13. The van der Waals surface area contributed by atoms with Crippen LogP contribution < -0.4 is 11.1 Å². The summed E-state index contributed by atoms with van der Waals surface area (Å²) >= 11 is 0. The monoisotopic (exact) mass is 441 g/mol. The van der Waals surface area contributed by atoms with Gasteiger partial charge in [0.1, 0.15) is 9.84 Å². The van der Waals surface area contributed by atoms with Gasteiger partial charge in [-0.2, -0.15) is 0 Å². The molecule has 0 aliphatic heterocycles. The number of halogens is 1. The molecule has 0 amide bonds. The van der Waals surface area contributed by atoms with Crippen molar-refractivity contribution < 1.29 is 13.2 Å². The average Bonchev–Trinajstić information content (AvgIpc) is 2.30. The van der Waals surface area contributed by atoms with E-state index >= 15 is 0 Å². The minimum atomic E-state index is -2.97. The molecule has 126 valence electrons. The molecular weight excluding hydrogens is 417 g/mol. The van der Waals surface area contributed by atoms with Crippen LogP contribution in [0, 0.1) is 13.8 Å². The summed E-state index contributed by atoms with van der Waals surface area (Å²) in [6.45, 7) is 4.93. The van der Waals surface area contributed by atoms with Gasteiger partial charge in [0.05, 0.1) is 25.5 Å². The van der Waals surface area contributed by atoms with Gasteiger partial charge in [-0.15, -0.1) is 24.0 Å². The largest absolute Gasteiger partial charge is 0.378 e. The van der Waals surface area contributed by atoms with Gasteiger partial charge in [0, 0.05) is 11.9 Å². The fraction of sp³-hybridized carbons (Fsp3) is 0.500. The summed E-state index contributed by atoms with van der Waals surface area (Å²) in [5.41, 5.74) is 8.97. The Labute approximate surface area is 149 Å². The maximum Gasteiger partial charge on any atom is 0.193 e. The molecule has 0 aliphatic carbocycles. The maximum atomic E-state index is 10.9. The van der Waals surface area contributed by atoms with Crippen LogP contribution in [-0.2, 0) is 14.6 Å². The summed E-state index contributed by atoms with van der Waals surface area (Å²) in [6.07, 6.45) is 1.18. The second kappa shape index (κ2) is 10.0. The van der Waals surface area contributed by atoms with E-state index in [1.54, 1.807) is 0 Å². The molecule has 1 aromatic rings. The lowest BCUT2D eigenvalue weighted by Gasteiger charge is -2.08. The van der Waals surface area contributed by atoms with E-state index in [1.165, 1.54) is 6.26 Å². The highest BCUT2D eigenvalue weighted by Gasteiger charge is 2.01. The molecule has 0 atom stereocenters. The number of guanidine groups is 1. The fourth-order valence-electron chi connectivity index (χ4n) is 1.78. The number of hydrogen-bond acceptors (Lipinski definition) is 4. The van der Waals surface area contributed by atoms with Crippen molar-refractivity contribution in [3.63, 3.8) is 0 Å². The molecule has 3 N–H and O–H groups in total. The van der Waals surface area contributed by atoms with Gasteiger partial charge in [-0.25, -0.2) is 8.42 Å². The maximum absolute atomic E-state index is 10.9. The number of anilines is 1. The highest BCUT2D eigenvalue weighted by molar-refractivity contribution is 14.0. The molecule has 0 fully saturated rings. The molecule has 0 radical (unpaired) electrons. The van der Waals surface area contributed by atoms with Gasteiger partial charge in [-0.05, 0) is 37.1 Å². The Morgan fingerprint density at radius 3 is 2.36 bits per heavy atom. The third-order valence-corrected chi connectivity index (χ3v) is 3.52. The van der Waals surface area contributed by atoms with Crippen molar-refractivity contribution in [1.82, 2.24) is 0 Å². The third kappa shape index (κ3) is 9.96. The number of nitrogens with two attached hydrogens (primary N) is 1. The van der Waals surface area contributed by atoms with Crippen LogP contribution in [0.15, 0.2) is 23.2 Å². The van der Waals surface area contributed by atoms with Crippen molar-refractivity contribution in [1.29, 1.82) is 0 Å². The molecule has 22 heavy (non-hydrogen) atoms. The second-order valence-electron chi connectivity index (χ2n) is 5.01. The Kier molecular flexibility index (Phi) is 9.61. The van der Waals surface area contributed by atoms with Gasteiger partial charge in [-0.3, -0.25) is 4.99 Å². The van der Waals surface area contributed by atoms with E-state index < -0.39 is 9.84 Å². The lowest BCUT2D eigenvalue weighted by atomic mass is 10.1. The van der Waals surface area contributed by atoms with Crippen molar-refractivity contribution in [3.05, 3.63) is 29.3 Å². The minimum absolute atomic E-state index is 0. The number of aliphatic imine (C=N–C) groups is 1. The number of nitrogens with zero attached hydrogens (tertiary/aromatic N) is 1. The van der Waals surface area contributed by atoms with Crippen LogP contribution in [0.2, 0.25) is 0 Å². The lowest BCUT2D eigenvalue weighted by Crippen LogP contribution is -2.23. The molecule has 0 unspecified atom stereocenters. The van der Waals surface area contributed by atoms with E-state index in [0.717, 1.165) is 16.8 Å². The first-order valence-corrected chi connectivity index (χ1v) is 8.73. The SMILES string of the molecule is Cc1cc(C)cc(NC(N)=NCCOCCS(C)(=O)=O)c1.I. The first-order chi connectivity index (χ1) is 9.76. The molecule has 8 heteroatoms. The standard InChI is InChI=1S/C14H23N3O3S.HI/c1-11-8-12(2)10-13(9-11)17-14(15)16-4-5-20-6-7-21(3,18)19;/h8-10H,4-7H2,1-3H3,(H3,15,16,17);1H. The molecule has 1 aromatic carbocycles. The summed E-state index contributed by atoms with van der Waals surface area (Å²) in [5, 5.41) is 3.02. The predicted octanol–water partition coefficient (Wildman–Crippen LogP) is 1.71. The molecule has 6 nitrogen and oxygen atoms in total. The summed E-state index contributed by atoms with van der Waals surface area (Å²) in [7, 11) is -2.97. The van der Waals surface area contributed by atoms with Crippen LogP contribution >= 0.6 is 24.0 Å². The molecule has 0 aromatic heterocycles. The minimum Gasteiger partial charge on any atom is -0.378 e. The van der Waals surface area contributed by atoms with E-state index in [4.69, 9.17) is 10.5 Å².